The lowest BCUT2D eigenvalue weighted by molar-refractivity contribution is -0.364. The van der Waals surface area contributed by atoms with E-state index in [1.807, 2.05) is 0 Å². The van der Waals surface area contributed by atoms with E-state index in [1.165, 1.54) is 0 Å². The number of hydrogen-bond acceptors (Lipinski definition) is 6. The standard InChI is InChI=1S/C19H22F6O6/c1-5-16(2,3)15(28)30-12-8-6-7-9(13(26)29-11(7)12)10(8)14(27)31-17(4,18(20,21)22)19(23,24)25/h7-12H,5-6H2,1-4H3. The van der Waals surface area contributed by atoms with Gasteiger partial charge in [0, 0.05) is 11.8 Å². The maximum absolute atomic E-state index is 13.2. The largest absolute Gasteiger partial charge is 0.458 e. The van der Waals surface area contributed by atoms with Gasteiger partial charge < -0.3 is 14.2 Å². The quantitative estimate of drug-likeness (QED) is 0.355. The molecule has 0 N–H and O–H groups in total. The molecule has 3 fully saturated rings. The predicted molar refractivity (Wildman–Crippen MR) is 89.0 cm³/mol. The fourth-order valence-corrected chi connectivity index (χ4v) is 4.44. The van der Waals surface area contributed by atoms with Crippen LogP contribution < -0.4 is 0 Å². The van der Waals surface area contributed by atoms with Crippen molar-refractivity contribution in [2.45, 2.75) is 70.7 Å². The lowest BCUT2D eigenvalue weighted by atomic mass is 9.78. The molecular formula is C19H22F6O6. The van der Waals surface area contributed by atoms with E-state index in [4.69, 9.17) is 9.47 Å². The third-order valence-electron chi connectivity index (χ3n) is 6.88. The van der Waals surface area contributed by atoms with Gasteiger partial charge in [-0.25, -0.2) is 0 Å². The molecule has 0 spiro atoms. The van der Waals surface area contributed by atoms with Crippen LogP contribution in [-0.4, -0.2) is 48.1 Å². The number of esters is 3. The van der Waals surface area contributed by atoms with Crippen LogP contribution in [-0.2, 0) is 28.6 Å². The van der Waals surface area contributed by atoms with Crippen LogP contribution >= 0.6 is 0 Å². The van der Waals surface area contributed by atoms with E-state index in [-0.39, 0.29) is 13.3 Å². The van der Waals surface area contributed by atoms with Crippen molar-refractivity contribution in [1.29, 1.82) is 0 Å². The van der Waals surface area contributed by atoms with Crippen molar-refractivity contribution in [3.05, 3.63) is 0 Å². The van der Waals surface area contributed by atoms with Crippen molar-refractivity contribution in [3.8, 4) is 0 Å². The van der Waals surface area contributed by atoms with Crippen molar-refractivity contribution in [2.75, 3.05) is 0 Å². The molecule has 3 rings (SSSR count). The van der Waals surface area contributed by atoms with Crippen molar-refractivity contribution in [1.82, 2.24) is 0 Å². The molecule has 1 aliphatic heterocycles. The van der Waals surface area contributed by atoms with Gasteiger partial charge in [0.15, 0.2) is 0 Å². The van der Waals surface area contributed by atoms with Crippen LogP contribution in [0.3, 0.4) is 0 Å². The molecule has 3 aliphatic rings. The van der Waals surface area contributed by atoms with Crippen molar-refractivity contribution >= 4 is 17.9 Å². The molecule has 12 heteroatoms. The summed E-state index contributed by atoms with van der Waals surface area (Å²) in [4.78, 5) is 37.3. The zero-order chi connectivity index (χ0) is 23.7. The molecule has 0 aromatic carbocycles. The number of halogens is 6. The van der Waals surface area contributed by atoms with Crippen LogP contribution in [0, 0.1) is 29.1 Å². The molecule has 176 valence electrons. The fraction of sp³-hybridized carbons (Fsp3) is 0.842. The first kappa shape index (κ1) is 23.6. The Morgan fingerprint density at radius 3 is 2.06 bits per heavy atom. The van der Waals surface area contributed by atoms with Gasteiger partial charge in [0.1, 0.15) is 12.2 Å². The number of alkyl halides is 6. The normalized spacial score (nSPS) is 32.8. The molecule has 0 aromatic rings. The summed E-state index contributed by atoms with van der Waals surface area (Å²) in [7, 11) is 0. The van der Waals surface area contributed by atoms with E-state index in [2.05, 4.69) is 4.74 Å². The maximum atomic E-state index is 13.2. The highest BCUT2D eigenvalue weighted by atomic mass is 19.4. The molecule has 31 heavy (non-hydrogen) atoms. The third kappa shape index (κ3) is 3.45. The molecule has 6 nitrogen and oxygen atoms in total. The Hall–Kier alpha value is -2.01. The lowest BCUT2D eigenvalue weighted by Crippen LogP contribution is -2.58. The number of hydrogen-bond donors (Lipinski definition) is 0. The van der Waals surface area contributed by atoms with Gasteiger partial charge in [-0.05, 0) is 33.6 Å². The van der Waals surface area contributed by atoms with Crippen LogP contribution in [0.15, 0.2) is 0 Å². The number of carbonyl (C=O) groups is 3. The minimum Gasteiger partial charge on any atom is -0.458 e. The van der Waals surface area contributed by atoms with Crippen LogP contribution in [0.2, 0.25) is 0 Å². The third-order valence-corrected chi connectivity index (χ3v) is 6.88. The summed E-state index contributed by atoms with van der Waals surface area (Å²) in [6.45, 7) is 4.63. The Labute approximate surface area is 173 Å². The van der Waals surface area contributed by atoms with E-state index in [0.717, 1.165) is 0 Å². The topological polar surface area (TPSA) is 78.9 Å². The second kappa shape index (κ2) is 6.99. The van der Waals surface area contributed by atoms with Gasteiger partial charge in [-0.1, -0.05) is 6.92 Å². The van der Waals surface area contributed by atoms with Gasteiger partial charge in [-0.15, -0.1) is 0 Å². The average molecular weight is 460 g/mol. The Morgan fingerprint density at radius 1 is 1.03 bits per heavy atom. The molecule has 0 radical (unpaired) electrons. The molecule has 2 saturated carbocycles. The minimum atomic E-state index is -5.94. The highest BCUT2D eigenvalue weighted by Crippen LogP contribution is 2.60. The first-order valence-corrected chi connectivity index (χ1v) is 9.74. The summed E-state index contributed by atoms with van der Waals surface area (Å²) < 4.78 is 93.6. The average Bonchev–Trinajstić information content (AvgIpc) is 3.23. The highest BCUT2D eigenvalue weighted by molar-refractivity contribution is 5.86. The maximum Gasteiger partial charge on any atom is 0.437 e. The summed E-state index contributed by atoms with van der Waals surface area (Å²) in [5, 5.41) is 0. The van der Waals surface area contributed by atoms with Crippen LogP contribution in [0.25, 0.3) is 0 Å². The molecule has 1 saturated heterocycles. The number of carbonyl (C=O) groups excluding carboxylic acids is 3. The van der Waals surface area contributed by atoms with Crippen LogP contribution in [0.4, 0.5) is 26.3 Å². The van der Waals surface area contributed by atoms with Gasteiger partial charge in [-0.2, -0.15) is 26.3 Å². The first-order chi connectivity index (χ1) is 14.0. The number of rotatable bonds is 5. The summed E-state index contributed by atoms with van der Waals surface area (Å²) in [6, 6.07) is 0. The Kier molecular flexibility index (Phi) is 5.34. The molecule has 1 heterocycles. The Balaban J connectivity index is 1.89. The predicted octanol–water partition coefficient (Wildman–Crippen LogP) is 3.57. The van der Waals surface area contributed by atoms with Crippen LogP contribution in [0.1, 0.15) is 40.5 Å². The second-order valence-electron chi connectivity index (χ2n) is 9.07. The summed E-state index contributed by atoms with van der Waals surface area (Å²) in [6.07, 6.45) is -13.4. The van der Waals surface area contributed by atoms with E-state index in [0.29, 0.717) is 6.42 Å². The van der Waals surface area contributed by atoms with E-state index in [1.54, 1.807) is 20.8 Å². The molecule has 2 bridgehead atoms. The monoisotopic (exact) mass is 460 g/mol. The van der Waals surface area contributed by atoms with Crippen molar-refractivity contribution in [2.24, 2.45) is 29.1 Å². The highest BCUT2D eigenvalue weighted by Gasteiger charge is 2.74. The Morgan fingerprint density at radius 2 is 1.58 bits per heavy atom. The lowest BCUT2D eigenvalue weighted by Gasteiger charge is -2.37. The number of fused-ring (bicyclic) bond motifs is 1. The SMILES string of the molecule is CCC(C)(C)C(=O)OC1C2CC3C1OC(=O)C3C2C(=O)OC(C)(C(F)(F)F)C(F)(F)F. The molecule has 2 aliphatic carbocycles. The van der Waals surface area contributed by atoms with Gasteiger partial charge >= 0.3 is 30.3 Å². The van der Waals surface area contributed by atoms with E-state index < -0.39 is 77.2 Å². The Bertz CT molecular complexity index is 774. The summed E-state index contributed by atoms with van der Waals surface area (Å²) in [5.41, 5.74) is -5.68. The zero-order valence-electron chi connectivity index (χ0n) is 17.1. The van der Waals surface area contributed by atoms with Gasteiger partial charge in [0.05, 0.1) is 17.3 Å². The van der Waals surface area contributed by atoms with Gasteiger partial charge in [0.25, 0.3) is 5.60 Å². The summed E-state index contributed by atoms with van der Waals surface area (Å²) in [5.74, 6) is -7.92. The van der Waals surface area contributed by atoms with Gasteiger partial charge in [0.2, 0.25) is 0 Å². The smallest absolute Gasteiger partial charge is 0.437 e. The van der Waals surface area contributed by atoms with E-state index in [9.17, 15) is 40.7 Å². The molecule has 6 unspecified atom stereocenters. The zero-order valence-corrected chi connectivity index (χ0v) is 17.1. The summed E-state index contributed by atoms with van der Waals surface area (Å²) >= 11 is 0. The molecule has 0 amide bonds. The molecular weight excluding hydrogens is 438 g/mol. The number of ether oxygens (including phenoxy) is 3. The van der Waals surface area contributed by atoms with E-state index >= 15 is 0 Å². The minimum absolute atomic E-state index is 0.0834. The second-order valence-corrected chi connectivity index (χ2v) is 9.07. The van der Waals surface area contributed by atoms with Crippen LogP contribution in [0.5, 0.6) is 0 Å². The van der Waals surface area contributed by atoms with Crippen molar-refractivity contribution < 1.29 is 54.9 Å². The van der Waals surface area contributed by atoms with Crippen molar-refractivity contribution in [3.63, 3.8) is 0 Å². The molecule has 6 atom stereocenters. The van der Waals surface area contributed by atoms with Gasteiger partial charge in [-0.3, -0.25) is 14.4 Å². The fourth-order valence-electron chi connectivity index (χ4n) is 4.44. The molecule has 0 aromatic heterocycles. The first-order valence-electron chi connectivity index (χ1n) is 9.74.